The Balaban J connectivity index is 2.21. The van der Waals surface area contributed by atoms with E-state index in [9.17, 15) is 9.18 Å². The third-order valence-electron chi connectivity index (χ3n) is 3.85. The van der Waals surface area contributed by atoms with Crippen molar-refractivity contribution in [2.75, 3.05) is 0 Å². The van der Waals surface area contributed by atoms with Crippen molar-refractivity contribution >= 4 is 5.97 Å². The molecule has 0 aliphatic carbocycles. The molecule has 0 aliphatic heterocycles. The van der Waals surface area contributed by atoms with Gasteiger partial charge in [0.1, 0.15) is 5.82 Å². The zero-order valence-corrected chi connectivity index (χ0v) is 12.7. The summed E-state index contributed by atoms with van der Waals surface area (Å²) >= 11 is 0. The largest absolute Gasteiger partial charge is 0.481 e. The van der Waals surface area contributed by atoms with Gasteiger partial charge >= 0.3 is 5.97 Å². The fourth-order valence-corrected chi connectivity index (χ4v) is 2.74. The number of nitrogens with zero attached hydrogens (tertiary/aromatic N) is 1. The topological polar surface area (TPSA) is 42.2 Å². The second kappa shape index (κ2) is 6.08. The van der Waals surface area contributed by atoms with Gasteiger partial charge in [0.05, 0.1) is 12.1 Å². The van der Waals surface area contributed by atoms with Crippen LogP contribution in [0.1, 0.15) is 11.3 Å². The monoisotopic (exact) mass is 309 g/mol. The minimum Gasteiger partial charge on any atom is -0.481 e. The van der Waals surface area contributed by atoms with Crippen LogP contribution < -0.4 is 0 Å². The molecule has 0 saturated carbocycles. The minimum atomic E-state index is -0.871. The van der Waals surface area contributed by atoms with Crippen molar-refractivity contribution in [3.8, 4) is 16.9 Å². The van der Waals surface area contributed by atoms with Crippen LogP contribution in [0.15, 0.2) is 60.7 Å². The van der Waals surface area contributed by atoms with Crippen molar-refractivity contribution in [2.24, 2.45) is 0 Å². The van der Waals surface area contributed by atoms with Gasteiger partial charge in [-0.15, -0.1) is 0 Å². The number of carboxylic acids is 1. The first-order valence-electron chi connectivity index (χ1n) is 7.30. The van der Waals surface area contributed by atoms with Crippen molar-refractivity contribution in [3.05, 3.63) is 77.7 Å². The predicted octanol–water partition coefficient (Wildman–Crippen LogP) is 4.22. The summed E-state index contributed by atoms with van der Waals surface area (Å²) in [7, 11) is 0. The predicted molar refractivity (Wildman–Crippen MR) is 87.2 cm³/mol. The van der Waals surface area contributed by atoms with Crippen LogP contribution in [0.3, 0.4) is 0 Å². The summed E-state index contributed by atoms with van der Waals surface area (Å²) in [4.78, 5) is 11.1. The minimum absolute atomic E-state index is 0.0418. The quantitative estimate of drug-likeness (QED) is 0.784. The normalized spacial score (nSPS) is 10.7. The zero-order valence-electron chi connectivity index (χ0n) is 12.7. The highest BCUT2D eigenvalue weighted by Gasteiger charge is 2.16. The van der Waals surface area contributed by atoms with Crippen molar-refractivity contribution in [3.63, 3.8) is 0 Å². The van der Waals surface area contributed by atoms with Gasteiger partial charge in [0.15, 0.2) is 0 Å². The van der Waals surface area contributed by atoms with Crippen LogP contribution in [0, 0.1) is 12.7 Å². The number of aliphatic carboxylic acids is 1. The number of halogens is 1. The van der Waals surface area contributed by atoms with E-state index in [0.29, 0.717) is 0 Å². The van der Waals surface area contributed by atoms with Gasteiger partial charge in [0.2, 0.25) is 0 Å². The average Bonchev–Trinajstić information content (AvgIpc) is 2.85. The molecule has 2 aromatic carbocycles. The molecule has 0 bridgehead atoms. The molecule has 23 heavy (non-hydrogen) atoms. The summed E-state index contributed by atoms with van der Waals surface area (Å²) in [6, 6.07) is 17.8. The van der Waals surface area contributed by atoms with E-state index in [-0.39, 0.29) is 12.2 Å². The van der Waals surface area contributed by atoms with Crippen LogP contribution in [0.2, 0.25) is 0 Å². The molecule has 0 atom stereocenters. The van der Waals surface area contributed by atoms with Crippen molar-refractivity contribution in [2.45, 2.75) is 13.3 Å². The fraction of sp³-hybridized carbons (Fsp3) is 0.105. The third kappa shape index (κ3) is 3.01. The summed E-state index contributed by atoms with van der Waals surface area (Å²) in [6.07, 6.45) is -0.0418. The molecule has 0 spiro atoms. The van der Waals surface area contributed by atoms with E-state index in [1.165, 1.54) is 12.1 Å². The Morgan fingerprint density at radius 2 is 1.74 bits per heavy atom. The maximum atomic E-state index is 13.2. The molecule has 0 radical (unpaired) electrons. The second-order valence-corrected chi connectivity index (χ2v) is 5.39. The highest BCUT2D eigenvalue weighted by molar-refractivity contribution is 5.73. The molecule has 0 unspecified atom stereocenters. The Morgan fingerprint density at radius 3 is 2.35 bits per heavy atom. The molecule has 0 aliphatic rings. The standard InChI is InChI=1S/C19H16FNO2/c1-13-15(12-19(22)23)11-18(14-5-3-2-4-6-14)21(13)17-9-7-16(20)8-10-17/h2-11H,12H2,1H3,(H,22,23). The highest BCUT2D eigenvalue weighted by Crippen LogP contribution is 2.29. The Kier molecular flexibility index (Phi) is 3.98. The molecule has 0 fully saturated rings. The SMILES string of the molecule is Cc1c(CC(=O)O)cc(-c2ccccc2)n1-c1ccc(F)cc1. The van der Waals surface area contributed by atoms with Crippen molar-refractivity contribution < 1.29 is 14.3 Å². The first-order chi connectivity index (χ1) is 11.1. The van der Waals surface area contributed by atoms with E-state index in [0.717, 1.165) is 28.2 Å². The van der Waals surface area contributed by atoms with E-state index in [1.54, 1.807) is 12.1 Å². The lowest BCUT2D eigenvalue weighted by Crippen LogP contribution is -2.03. The van der Waals surface area contributed by atoms with Gasteiger partial charge in [0.25, 0.3) is 0 Å². The maximum absolute atomic E-state index is 13.2. The summed E-state index contributed by atoms with van der Waals surface area (Å²) in [5.41, 5.74) is 4.28. The van der Waals surface area contributed by atoms with E-state index < -0.39 is 5.97 Å². The number of carboxylic acid groups (broad SMARTS) is 1. The van der Waals surface area contributed by atoms with Crippen molar-refractivity contribution in [1.29, 1.82) is 0 Å². The Morgan fingerprint density at radius 1 is 1.09 bits per heavy atom. The lowest BCUT2D eigenvalue weighted by molar-refractivity contribution is -0.136. The van der Waals surface area contributed by atoms with E-state index in [4.69, 9.17) is 5.11 Å². The lowest BCUT2D eigenvalue weighted by Gasteiger charge is -2.12. The fourth-order valence-electron chi connectivity index (χ4n) is 2.74. The number of benzene rings is 2. The van der Waals surface area contributed by atoms with Crippen LogP contribution in [0.5, 0.6) is 0 Å². The second-order valence-electron chi connectivity index (χ2n) is 5.39. The number of hydrogen-bond acceptors (Lipinski definition) is 1. The van der Waals surface area contributed by atoms with Gasteiger partial charge < -0.3 is 9.67 Å². The van der Waals surface area contributed by atoms with Gasteiger partial charge in [-0.25, -0.2) is 4.39 Å². The Labute approximate surface area is 133 Å². The molecule has 0 saturated heterocycles. The molecule has 3 aromatic rings. The van der Waals surface area contributed by atoms with Gasteiger partial charge in [-0.3, -0.25) is 4.79 Å². The Hall–Kier alpha value is -2.88. The van der Waals surface area contributed by atoms with Crippen LogP contribution in [0.25, 0.3) is 16.9 Å². The molecule has 1 N–H and O–H groups in total. The number of hydrogen-bond donors (Lipinski definition) is 1. The van der Waals surface area contributed by atoms with E-state index >= 15 is 0 Å². The van der Waals surface area contributed by atoms with Crippen molar-refractivity contribution in [1.82, 2.24) is 4.57 Å². The van der Waals surface area contributed by atoms with E-state index in [2.05, 4.69) is 0 Å². The third-order valence-corrected chi connectivity index (χ3v) is 3.85. The number of aromatic nitrogens is 1. The average molecular weight is 309 g/mol. The lowest BCUT2D eigenvalue weighted by atomic mass is 10.1. The molecular formula is C19H16FNO2. The number of carbonyl (C=O) groups is 1. The first-order valence-corrected chi connectivity index (χ1v) is 7.30. The molecule has 3 rings (SSSR count). The summed E-state index contributed by atoms with van der Waals surface area (Å²) < 4.78 is 15.2. The van der Waals surface area contributed by atoms with Gasteiger partial charge in [0, 0.05) is 11.4 Å². The number of rotatable bonds is 4. The highest BCUT2D eigenvalue weighted by atomic mass is 19.1. The zero-order chi connectivity index (χ0) is 16.4. The summed E-state index contributed by atoms with van der Waals surface area (Å²) in [5.74, 6) is -1.17. The van der Waals surface area contributed by atoms with E-state index in [1.807, 2.05) is 47.9 Å². The molecule has 3 nitrogen and oxygen atoms in total. The summed E-state index contributed by atoms with van der Waals surface area (Å²) in [6.45, 7) is 1.88. The van der Waals surface area contributed by atoms with Gasteiger partial charge in [-0.2, -0.15) is 0 Å². The van der Waals surface area contributed by atoms with Crippen LogP contribution in [-0.4, -0.2) is 15.6 Å². The first kappa shape index (κ1) is 15.0. The molecular weight excluding hydrogens is 293 g/mol. The molecule has 0 amide bonds. The molecule has 4 heteroatoms. The summed E-state index contributed by atoms with van der Waals surface area (Å²) in [5, 5.41) is 9.11. The Bertz CT molecular complexity index is 836. The molecule has 1 heterocycles. The smallest absolute Gasteiger partial charge is 0.307 e. The van der Waals surface area contributed by atoms with Crippen LogP contribution in [0.4, 0.5) is 4.39 Å². The molecule has 1 aromatic heterocycles. The van der Waals surface area contributed by atoms with Crippen LogP contribution in [-0.2, 0) is 11.2 Å². The molecule has 116 valence electrons. The van der Waals surface area contributed by atoms with Crippen LogP contribution >= 0.6 is 0 Å². The van der Waals surface area contributed by atoms with Gasteiger partial charge in [-0.05, 0) is 48.4 Å². The maximum Gasteiger partial charge on any atom is 0.307 e. The van der Waals surface area contributed by atoms with Gasteiger partial charge in [-0.1, -0.05) is 30.3 Å².